The first-order chi connectivity index (χ1) is 9.93. The summed E-state index contributed by atoms with van der Waals surface area (Å²) >= 11 is 6.34. The number of carboxylic acid groups (broad SMARTS) is 1. The fourth-order valence-corrected chi connectivity index (χ4v) is 1.57. The number of methoxy groups -OCH3 is 1. The molecule has 1 N–H and O–H groups in total. The number of carboxylic acids is 1. The molecule has 2 rings (SSSR count). The molecular formula is C13H11Br2ClN2O4. The van der Waals surface area contributed by atoms with Gasteiger partial charge in [-0.1, -0.05) is 0 Å². The Kier molecular flexibility index (Phi) is 9.55. The second kappa shape index (κ2) is 10.3. The third kappa shape index (κ3) is 6.97. The highest BCUT2D eigenvalue weighted by Crippen LogP contribution is 2.08. The van der Waals surface area contributed by atoms with Gasteiger partial charge in [-0.3, -0.25) is 0 Å². The van der Waals surface area contributed by atoms with E-state index in [0.29, 0.717) is 5.69 Å². The largest absolute Gasteiger partial charge is 0.477 e. The summed E-state index contributed by atoms with van der Waals surface area (Å²) < 4.78 is 6.07. The van der Waals surface area contributed by atoms with Crippen LogP contribution < -0.4 is 0 Å². The zero-order valence-electron chi connectivity index (χ0n) is 11.2. The van der Waals surface area contributed by atoms with Crippen LogP contribution in [-0.2, 0) is 4.74 Å². The number of carbonyl (C=O) groups excluding carboxylic acids is 1. The van der Waals surface area contributed by atoms with Gasteiger partial charge in [-0.05, 0) is 56.1 Å². The highest BCUT2D eigenvalue weighted by molar-refractivity contribution is 9.10. The average molecular weight is 455 g/mol. The lowest BCUT2D eigenvalue weighted by molar-refractivity contribution is 0.0593. The molecule has 118 valence electrons. The predicted octanol–water partition coefficient (Wildman–Crippen LogP) is 3.59. The quantitative estimate of drug-likeness (QED) is 0.698. The van der Waals surface area contributed by atoms with Gasteiger partial charge in [0.1, 0.15) is 11.4 Å². The molecule has 0 aliphatic carbocycles. The lowest BCUT2D eigenvalue weighted by atomic mass is 10.4. The number of hydrogen-bond acceptors (Lipinski definition) is 5. The Morgan fingerprint density at radius 1 is 1.00 bits per heavy atom. The highest BCUT2D eigenvalue weighted by Gasteiger charge is 2.04. The Bertz CT molecular complexity index is 621. The first kappa shape index (κ1) is 20.5. The Morgan fingerprint density at radius 3 is 1.77 bits per heavy atom. The van der Waals surface area contributed by atoms with E-state index in [2.05, 4.69) is 46.6 Å². The van der Waals surface area contributed by atoms with Crippen LogP contribution in [-0.4, -0.2) is 34.1 Å². The van der Waals surface area contributed by atoms with Crippen molar-refractivity contribution in [3.8, 4) is 0 Å². The molecular weight excluding hydrogens is 443 g/mol. The van der Waals surface area contributed by atoms with Gasteiger partial charge < -0.3 is 9.84 Å². The maximum absolute atomic E-state index is 10.8. The molecule has 9 heteroatoms. The van der Waals surface area contributed by atoms with Crippen LogP contribution in [0.2, 0.25) is 0 Å². The number of hydrogen-bond donors (Lipinski definition) is 1. The summed E-state index contributed by atoms with van der Waals surface area (Å²) in [5.41, 5.74) is 0.374. The lowest BCUT2D eigenvalue weighted by Gasteiger charge is -1.96. The number of carbonyl (C=O) groups is 2. The van der Waals surface area contributed by atoms with Crippen molar-refractivity contribution in [3.63, 3.8) is 0 Å². The maximum Gasteiger partial charge on any atom is 0.356 e. The standard InChI is InChI=1S/C7H6BrNO2.C6H4BrNO2.ClH/c1-11-7(10)6-3-2-5(8)4-9-6;7-4-1-2-5(6(9)10)8-3-4;/h2-4H,1H3;1-3H,(H,9,10);1H. The van der Waals surface area contributed by atoms with Crippen LogP contribution in [0.3, 0.4) is 0 Å². The smallest absolute Gasteiger partial charge is 0.356 e. The van der Waals surface area contributed by atoms with Crippen LogP contribution in [0, 0.1) is 0 Å². The van der Waals surface area contributed by atoms with Crippen LogP contribution in [0.25, 0.3) is 0 Å². The number of aromatic nitrogens is 2. The summed E-state index contributed by atoms with van der Waals surface area (Å²) in [5, 5.41) is 8.40. The number of aromatic carboxylic acids is 1. The normalized spacial score (nSPS) is 8.86. The van der Waals surface area contributed by atoms with E-state index in [-0.39, 0.29) is 18.1 Å². The fraction of sp³-hybridized carbons (Fsp3) is 0.0769. The van der Waals surface area contributed by atoms with Crippen molar-refractivity contribution in [2.75, 3.05) is 7.11 Å². The molecule has 0 radical (unpaired) electrons. The maximum atomic E-state index is 10.8. The van der Waals surface area contributed by atoms with Crippen LogP contribution in [0.4, 0.5) is 0 Å². The summed E-state index contributed by atoms with van der Waals surface area (Å²) in [6.07, 6.45) is 3.00. The van der Waals surface area contributed by atoms with Crippen molar-refractivity contribution in [1.29, 1.82) is 0 Å². The highest BCUT2D eigenvalue weighted by atomic mass is 79.9. The molecule has 6 nitrogen and oxygen atoms in total. The van der Waals surface area contributed by atoms with Gasteiger partial charge in [0, 0.05) is 21.3 Å². The topological polar surface area (TPSA) is 89.4 Å². The first-order valence-electron chi connectivity index (χ1n) is 5.48. The van der Waals surface area contributed by atoms with E-state index in [9.17, 15) is 9.59 Å². The van der Waals surface area contributed by atoms with E-state index in [0.717, 1.165) is 8.95 Å². The van der Waals surface area contributed by atoms with Crippen molar-refractivity contribution < 1.29 is 19.4 Å². The van der Waals surface area contributed by atoms with Crippen LogP contribution in [0.15, 0.2) is 45.6 Å². The van der Waals surface area contributed by atoms with E-state index in [4.69, 9.17) is 5.11 Å². The Labute approximate surface area is 149 Å². The molecule has 0 amide bonds. The van der Waals surface area contributed by atoms with E-state index in [1.165, 1.54) is 19.4 Å². The summed E-state index contributed by atoms with van der Waals surface area (Å²) in [6.45, 7) is 0. The molecule has 0 bridgehead atoms. The second-order valence-corrected chi connectivity index (χ2v) is 5.35. The van der Waals surface area contributed by atoms with Gasteiger partial charge >= 0.3 is 11.9 Å². The fourth-order valence-electron chi connectivity index (χ4n) is 1.10. The van der Waals surface area contributed by atoms with E-state index < -0.39 is 11.9 Å². The second-order valence-electron chi connectivity index (χ2n) is 3.52. The van der Waals surface area contributed by atoms with Crippen LogP contribution in [0.1, 0.15) is 21.0 Å². The third-order valence-corrected chi connectivity index (χ3v) is 3.01. The summed E-state index contributed by atoms with van der Waals surface area (Å²) in [5.74, 6) is -1.43. The minimum absolute atomic E-state index is 0. The summed E-state index contributed by atoms with van der Waals surface area (Å²) in [4.78, 5) is 28.5. The third-order valence-electron chi connectivity index (χ3n) is 2.07. The lowest BCUT2D eigenvalue weighted by Crippen LogP contribution is -2.02. The van der Waals surface area contributed by atoms with Crippen molar-refractivity contribution in [3.05, 3.63) is 57.0 Å². The van der Waals surface area contributed by atoms with Gasteiger partial charge in [0.25, 0.3) is 0 Å². The Balaban J connectivity index is 0.000000385. The molecule has 2 aromatic rings. The first-order valence-corrected chi connectivity index (χ1v) is 7.07. The number of esters is 1. The van der Waals surface area contributed by atoms with Crippen molar-refractivity contribution in [2.45, 2.75) is 0 Å². The van der Waals surface area contributed by atoms with E-state index in [1.807, 2.05) is 0 Å². The molecule has 0 spiro atoms. The molecule has 2 heterocycles. The zero-order valence-corrected chi connectivity index (χ0v) is 15.2. The molecule has 0 aliphatic heterocycles. The number of pyridine rings is 2. The number of nitrogens with zero attached hydrogens (tertiary/aromatic N) is 2. The number of halogens is 3. The molecule has 2 aromatic heterocycles. The molecule has 0 atom stereocenters. The minimum Gasteiger partial charge on any atom is -0.477 e. The van der Waals surface area contributed by atoms with Crippen LogP contribution >= 0.6 is 44.3 Å². The molecule has 0 saturated heterocycles. The number of rotatable bonds is 2. The van der Waals surface area contributed by atoms with E-state index >= 15 is 0 Å². The molecule has 22 heavy (non-hydrogen) atoms. The molecule has 0 saturated carbocycles. The molecule has 0 fully saturated rings. The van der Waals surface area contributed by atoms with Crippen molar-refractivity contribution in [1.82, 2.24) is 9.97 Å². The monoisotopic (exact) mass is 452 g/mol. The van der Waals surface area contributed by atoms with Gasteiger partial charge in [0.05, 0.1) is 7.11 Å². The SMILES string of the molecule is COC(=O)c1ccc(Br)cn1.Cl.O=C(O)c1ccc(Br)cn1. The molecule has 0 aromatic carbocycles. The summed E-state index contributed by atoms with van der Waals surface area (Å²) in [7, 11) is 1.33. The van der Waals surface area contributed by atoms with Gasteiger partial charge in [0.2, 0.25) is 0 Å². The zero-order chi connectivity index (χ0) is 15.8. The van der Waals surface area contributed by atoms with Gasteiger partial charge in [0.15, 0.2) is 0 Å². The molecule has 0 aliphatic rings. The van der Waals surface area contributed by atoms with Crippen molar-refractivity contribution >= 4 is 56.2 Å². The van der Waals surface area contributed by atoms with Gasteiger partial charge in [-0.25, -0.2) is 19.6 Å². The average Bonchev–Trinajstić information content (AvgIpc) is 2.48. The number of ether oxygens (including phenoxy) is 1. The van der Waals surface area contributed by atoms with Crippen LogP contribution in [0.5, 0.6) is 0 Å². The van der Waals surface area contributed by atoms with E-state index in [1.54, 1.807) is 24.4 Å². The van der Waals surface area contributed by atoms with Gasteiger partial charge in [-0.2, -0.15) is 0 Å². The Hall–Kier alpha value is -1.51. The minimum atomic E-state index is -1.01. The van der Waals surface area contributed by atoms with Gasteiger partial charge in [-0.15, -0.1) is 12.4 Å². The molecule has 0 unspecified atom stereocenters. The van der Waals surface area contributed by atoms with Crippen molar-refractivity contribution in [2.24, 2.45) is 0 Å². The Morgan fingerprint density at radius 2 is 1.45 bits per heavy atom. The summed E-state index contributed by atoms with van der Waals surface area (Å²) in [6, 6.07) is 6.40. The predicted molar refractivity (Wildman–Crippen MR) is 89.4 cm³/mol.